The van der Waals surface area contributed by atoms with Crippen LogP contribution in [0.25, 0.3) is 0 Å². The maximum atomic E-state index is 11.1. The van der Waals surface area contributed by atoms with Crippen LogP contribution in [0, 0.1) is 33.3 Å². The van der Waals surface area contributed by atoms with E-state index in [4.69, 9.17) is 10.4 Å². The number of hydrogen-bond donors (Lipinski definition) is 1. The number of nitriles is 1. The molecule has 1 heterocycles. The molecule has 1 aromatic rings. The molecule has 2 unspecified atom stereocenters. The fourth-order valence-electron chi connectivity index (χ4n) is 2.47. The lowest BCUT2D eigenvalue weighted by atomic mass is 9.99. The van der Waals surface area contributed by atoms with E-state index in [1.807, 2.05) is 11.8 Å². The van der Waals surface area contributed by atoms with Crippen molar-refractivity contribution in [2.24, 2.45) is 11.8 Å². The predicted octanol–water partition coefficient (Wildman–Crippen LogP) is 1.62. The van der Waals surface area contributed by atoms with E-state index in [0.29, 0.717) is 18.8 Å². The van der Waals surface area contributed by atoms with Crippen LogP contribution in [0.5, 0.6) is 0 Å². The lowest BCUT2D eigenvalue weighted by molar-refractivity contribution is -0.385. The summed E-state index contributed by atoms with van der Waals surface area (Å²) in [5.74, 6) is -1.31. The summed E-state index contributed by atoms with van der Waals surface area (Å²) in [7, 11) is 0. The summed E-state index contributed by atoms with van der Waals surface area (Å²) in [4.78, 5) is 23.1. The largest absolute Gasteiger partial charge is 0.481 e. The van der Waals surface area contributed by atoms with Gasteiger partial charge in [0.15, 0.2) is 0 Å². The number of benzene rings is 1. The first-order chi connectivity index (χ1) is 9.43. The Morgan fingerprint density at radius 1 is 1.55 bits per heavy atom. The van der Waals surface area contributed by atoms with Crippen LogP contribution in [-0.4, -0.2) is 29.1 Å². The van der Waals surface area contributed by atoms with Gasteiger partial charge in [0, 0.05) is 24.8 Å². The molecule has 0 saturated carbocycles. The lowest BCUT2D eigenvalue weighted by Crippen LogP contribution is -2.23. The average Bonchev–Trinajstić information content (AvgIpc) is 2.80. The third kappa shape index (κ3) is 2.40. The molecule has 1 N–H and O–H groups in total. The van der Waals surface area contributed by atoms with Crippen molar-refractivity contribution in [1.82, 2.24) is 0 Å². The summed E-state index contributed by atoms with van der Waals surface area (Å²) in [6.45, 7) is 2.76. The van der Waals surface area contributed by atoms with Gasteiger partial charge in [-0.25, -0.2) is 0 Å². The van der Waals surface area contributed by atoms with Crippen molar-refractivity contribution < 1.29 is 14.8 Å². The van der Waals surface area contributed by atoms with E-state index in [9.17, 15) is 14.9 Å². The predicted molar refractivity (Wildman–Crippen MR) is 70.3 cm³/mol. The van der Waals surface area contributed by atoms with Gasteiger partial charge >= 0.3 is 5.97 Å². The van der Waals surface area contributed by atoms with E-state index in [1.165, 1.54) is 12.1 Å². The minimum atomic E-state index is -0.845. The molecule has 0 bridgehead atoms. The van der Waals surface area contributed by atoms with E-state index >= 15 is 0 Å². The minimum Gasteiger partial charge on any atom is -0.481 e. The molecule has 7 nitrogen and oxygen atoms in total. The van der Waals surface area contributed by atoms with Crippen molar-refractivity contribution in [2.75, 3.05) is 18.0 Å². The van der Waals surface area contributed by atoms with E-state index in [-0.39, 0.29) is 17.2 Å². The maximum absolute atomic E-state index is 11.1. The van der Waals surface area contributed by atoms with Crippen LogP contribution in [0.15, 0.2) is 18.2 Å². The van der Waals surface area contributed by atoms with Crippen LogP contribution in [0.1, 0.15) is 12.5 Å². The molecule has 1 aliphatic heterocycles. The Bertz CT molecular complexity index is 608. The molecular formula is C13H13N3O4. The number of nitro benzene ring substituents is 1. The Hall–Kier alpha value is -2.62. The van der Waals surface area contributed by atoms with Gasteiger partial charge in [0.25, 0.3) is 5.69 Å². The third-order valence-electron chi connectivity index (χ3n) is 3.59. The van der Waals surface area contributed by atoms with E-state index in [2.05, 4.69) is 0 Å². The monoisotopic (exact) mass is 275 g/mol. The van der Waals surface area contributed by atoms with Crippen LogP contribution < -0.4 is 4.90 Å². The third-order valence-corrected chi connectivity index (χ3v) is 3.59. The Labute approximate surface area is 115 Å². The molecule has 1 aliphatic rings. The molecule has 2 atom stereocenters. The first kappa shape index (κ1) is 13.8. The zero-order valence-corrected chi connectivity index (χ0v) is 10.8. The summed E-state index contributed by atoms with van der Waals surface area (Å²) in [5, 5.41) is 28.8. The van der Waals surface area contributed by atoms with Gasteiger partial charge in [-0.1, -0.05) is 6.92 Å². The fourth-order valence-corrected chi connectivity index (χ4v) is 2.47. The molecule has 0 radical (unpaired) electrons. The topological polar surface area (TPSA) is 107 Å². The highest BCUT2D eigenvalue weighted by molar-refractivity contribution is 5.73. The van der Waals surface area contributed by atoms with Crippen molar-refractivity contribution in [2.45, 2.75) is 6.92 Å². The maximum Gasteiger partial charge on any atom is 0.308 e. The second-order valence-electron chi connectivity index (χ2n) is 4.90. The van der Waals surface area contributed by atoms with Crippen molar-refractivity contribution in [3.05, 3.63) is 33.9 Å². The normalized spacial score (nSPS) is 21.5. The molecule has 7 heteroatoms. The Kier molecular flexibility index (Phi) is 3.57. The molecule has 2 rings (SSSR count). The highest BCUT2D eigenvalue weighted by Crippen LogP contribution is 2.31. The van der Waals surface area contributed by atoms with Crippen LogP contribution in [0.3, 0.4) is 0 Å². The van der Waals surface area contributed by atoms with Gasteiger partial charge in [-0.05, 0) is 18.1 Å². The molecule has 0 spiro atoms. The molecule has 0 aliphatic carbocycles. The SMILES string of the molecule is CC1CN(c2ccc([N+](=O)[O-])c(C#N)c2)CC1C(=O)O. The summed E-state index contributed by atoms with van der Waals surface area (Å²) in [6.07, 6.45) is 0. The number of carboxylic acids is 1. The average molecular weight is 275 g/mol. The van der Waals surface area contributed by atoms with Gasteiger partial charge in [-0.2, -0.15) is 5.26 Å². The number of carbonyl (C=O) groups is 1. The van der Waals surface area contributed by atoms with Gasteiger partial charge in [0.05, 0.1) is 10.8 Å². The first-order valence-corrected chi connectivity index (χ1v) is 6.10. The Morgan fingerprint density at radius 2 is 2.25 bits per heavy atom. The van der Waals surface area contributed by atoms with Crippen molar-refractivity contribution in [1.29, 1.82) is 5.26 Å². The summed E-state index contributed by atoms with van der Waals surface area (Å²) >= 11 is 0. The first-order valence-electron chi connectivity index (χ1n) is 6.10. The van der Waals surface area contributed by atoms with Crippen LogP contribution in [0.2, 0.25) is 0 Å². The molecular weight excluding hydrogens is 262 g/mol. The molecule has 1 saturated heterocycles. The smallest absolute Gasteiger partial charge is 0.308 e. The number of anilines is 1. The van der Waals surface area contributed by atoms with Gasteiger partial charge in [0.2, 0.25) is 0 Å². The van der Waals surface area contributed by atoms with Crippen molar-refractivity contribution in [3.63, 3.8) is 0 Å². The number of rotatable bonds is 3. The number of nitrogens with zero attached hydrogens (tertiary/aromatic N) is 3. The summed E-state index contributed by atoms with van der Waals surface area (Å²) < 4.78 is 0. The van der Waals surface area contributed by atoms with Gasteiger partial charge in [0.1, 0.15) is 11.6 Å². The quantitative estimate of drug-likeness (QED) is 0.663. The van der Waals surface area contributed by atoms with Gasteiger partial charge in [-0.15, -0.1) is 0 Å². The molecule has 0 aromatic heterocycles. The van der Waals surface area contributed by atoms with Crippen LogP contribution in [0.4, 0.5) is 11.4 Å². The second kappa shape index (κ2) is 5.17. The molecule has 1 fully saturated rings. The number of hydrogen-bond acceptors (Lipinski definition) is 5. The van der Waals surface area contributed by atoms with Crippen LogP contribution >= 0.6 is 0 Å². The molecule has 20 heavy (non-hydrogen) atoms. The number of carboxylic acid groups (broad SMARTS) is 1. The number of nitro groups is 1. The molecule has 0 amide bonds. The minimum absolute atomic E-state index is 0.00627. The zero-order chi connectivity index (χ0) is 14.9. The fraction of sp³-hybridized carbons (Fsp3) is 0.385. The number of aliphatic carboxylic acids is 1. The van der Waals surface area contributed by atoms with Gasteiger partial charge in [-0.3, -0.25) is 14.9 Å². The Morgan fingerprint density at radius 3 is 2.75 bits per heavy atom. The molecule has 104 valence electrons. The van der Waals surface area contributed by atoms with Gasteiger partial charge < -0.3 is 10.0 Å². The molecule has 1 aromatic carbocycles. The summed E-state index contributed by atoms with van der Waals surface area (Å²) in [6, 6.07) is 6.08. The highest BCUT2D eigenvalue weighted by atomic mass is 16.6. The zero-order valence-electron chi connectivity index (χ0n) is 10.8. The van der Waals surface area contributed by atoms with Crippen molar-refractivity contribution in [3.8, 4) is 6.07 Å². The van der Waals surface area contributed by atoms with E-state index in [1.54, 1.807) is 12.1 Å². The van der Waals surface area contributed by atoms with E-state index in [0.717, 1.165) is 0 Å². The van der Waals surface area contributed by atoms with E-state index < -0.39 is 16.8 Å². The lowest BCUT2D eigenvalue weighted by Gasteiger charge is -2.18. The summed E-state index contributed by atoms with van der Waals surface area (Å²) in [5.41, 5.74) is 0.389. The standard InChI is InChI=1S/C13H13N3O4/c1-8-6-15(7-11(8)13(17)18)10-2-3-12(16(19)20)9(4-10)5-14/h2-4,8,11H,6-7H2,1H3,(H,17,18). The highest BCUT2D eigenvalue weighted by Gasteiger charge is 2.35. The van der Waals surface area contributed by atoms with Crippen LogP contribution in [-0.2, 0) is 4.79 Å². The Balaban J connectivity index is 2.30. The second-order valence-corrected chi connectivity index (χ2v) is 4.90. The van der Waals surface area contributed by atoms with Crippen molar-refractivity contribution >= 4 is 17.3 Å².